The predicted octanol–water partition coefficient (Wildman–Crippen LogP) is 7.07. The number of hydrogen-bond acceptors (Lipinski definition) is 4. The molecule has 0 atom stereocenters. The fraction of sp³-hybridized carbons (Fsp3) is 0.192. The zero-order valence-electron chi connectivity index (χ0n) is 18.4. The van der Waals surface area contributed by atoms with Crippen LogP contribution in [0.2, 0.25) is 4.34 Å². The monoisotopic (exact) mass is 461 g/mol. The lowest BCUT2D eigenvalue weighted by Gasteiger charge is -2.19. The second kappa shape index (κ2) is 8.85. The predicted molar refractivity (Wildman–Crippen MR) is 135 cm³/mol. The van der Waals surface area contributed by atoms with Gasteiger partial charge in [0.15, 0.2) is 0 Å². The molecule has 2 heterocycles. The van der Waals surface area contributed by atoms with Crippen LogP contribution in [0.1, 0.15) is 48.5 Å². The number of nitrogens with one attached hydrogen (secondary N) is 1. The van der Waals surface area contributed by atoms with Crippen LogP contribution in [0.3, 0.4) is 0 Å². The number of aromatic nitrogens is 1. The number of halogens is 1. The molecule has 2 aromatic carbocycles. The summed E-state index contributed by atoms with van der Waals surface area (Å²) in [5.41, 5.74) is 7.72. The number of pyridine rings is 1. The maximum Gasteiger partial charge on any atom is 0.272 e. The number of amides is 1. The van der Waals surface area contributed by atoms with E-state index in [-0.39, 0.29) is 11.3 Å². The number of benzene rings is 2. The fourth-order valence-electron chi connectivity index (χ4n) is 3.41. The van der Waals surface area contributed by atoms with Crippen molar-refractivity contribution < 1.29 is 4.79 Å². The number of rotatable bonds is 4. The Kier molecular flexibility index (Phi) is 6.13. The first-order valence-electron chi connectivity index (χ1n) is 10.3. The third-order valence-electron chi connectivity index (χ3n) is 5.26. The van der Waals surface area contributed by atoms with Crippen molar-refractivity contribution in [3.63, 3.8) is 0 Å². The largest absolute Gasteiger partial charge is 0.272 e. The van der Waals surface area contributed by atoms with Crippen molar-refractivity contribution in [2.45, 2.75) is 33.1 Å². The highest BCUT2D eigenvalue weighted by atomic mass is 35.5. The maximum absolute atomic E-state index is 13.1. The van der Waals surface area contributed by atoms with Gasteiger partial charge in [-0.25, -0.2) is 10.4 Å². The summed E-state index contributed by atoms with van der Waals surface area (Å²) in [4.78, 5) is 18.8. The van der Waals surface area contributed by atoms with E-state index in [0.717, 1.165) is 27.0 Å². The highest BCUT2D eigenvalue weighted by Gasteiger charge is 2.16. The quantitative estimate of drug-likeness (QED) is 0.261. The Morgan fingerprint density at radius 1 is 1.03 bits per heavy atom. The Balaban J connectivity index is 1.70. The van der Waals surface area contributed by atoms with Gasteiger partial charge >= 0.3 is 0 Å². The van der Waals surface area contributed by atoms with Crippen LogP contribution in [0.25, 0.3) is 22.2 Å². The van der Waals surface area contributed by atoms with E-state index in [2.05, 4.69) is 55.6 Å². The van der Waals surface area contributed by atoms with Crippen LogP contribution in [0.5, 0.6) is 0 Å². The molecule has 32 heavy (non-hydrogen) atoms. The maximum atomic E-state index is 13.1. The molecule has 0 bridgehead atoms. The molecular weight excluding hydrogens is 438 g/mol. The minimum absolute atomic E-state index is 0.0725. The van der Waals surface area contributed by atoms with Crippen LogP contribution < -0.4 is 5.43 Å². The second-order valence-corrected chi connectivity index (χ2v) is 10.4. The van der Waals surface area contributed by atoms with Gasteiger partial charge in [-0.15, -0.1) is 11.3 Å². The molecule has 162 valence electrons. The average Bonchev–Trinajstić information content (AvgIpc) is 3.22. The van der Waals surface area contributed by atoms with E-state index >= 15 is 0 Å². The fourth-order valence-corrected chi connectivity index (χ4v) is 4.40. The van der Waals surface area contributed by atoms with Gasteiger partial charge in [0.25, 0.3) is 5.91 Å². The van der Waals surface area contributed by atoms with Crippen molar-refractivity contribution in [1.29, 1.82) is 0 Å². The lowest BCUT2D eigenvalue weighted by molar-refractivity contribution is 0.0956. The van der Waals surface area contributed by atoms with Gasteiger partial charge in [0.1, 0.15) is 0 Å². The van der Waals surface area contributed by atoms with Crippen LogP contribution >= 0.6 is 22.9 Å². The Morgan fingerprint density at radius 3 is 2.41 bits per heavy atom. The van der Waals surface area contributed by atoms with E-state index < -0.39 is 0 Å². The molecule has 2 aromatic heterocycles. The molecule has 0 saturated carbocycles. The molecule has 1 N–H and O–H groups in total. The number of para-hydroxylation sites is 1. The van der Waals surface area contributed by atoms with Gasteiger partial charge in [-0.3, -0.25) is 4.79 Å². The number of nitrogens with zero attached hydrogens (tertiary/aromatic N) is 2. The summed E-state index contributed by atoms with van der Waals surface area (Å²) in [7, 11) is 0. The molecule has 0 spiro atoms. The topological polar surface area (TPSA) is 54.4 Å². The number of carbonyl (C=O) groups excluding carboxylic acids is 1. The lowest BCUT2D eigenvalue weighted by atomic mass is 9.86. The number of hydrazone groups is 1. The van der Waals surface area contributed by atoms with E-state index in [1.54, 1.807) is 0 Å². The molecule has 0 aliphatic carbocycles. The molecule has 0 aliphatic heterocycles. The molecule has 4 aromatic rings. The van der Waals surface area contributed by atoms with Crippen molar-refractivity contribution in [2.24, 2.45) is 5.10 Å². The minimum Gasteiger partial charge on any atom is -0.267 e. The van der Waals surface area contributed by atoms with Crippen molar-refractivity contribution in [2.75, 3.05) is 0 Å². The van der Waals surface area contributed by atoms with Crippen LogP contribution in [0.15, 0.2) is 71.8 Å². The zero-order valence-corrected chi connectivity index (χ0v) is 20.0. The van der Waals surface area contributed by atoms with Gasteiger partial charge in [0.05, 0.1) is 31.7 Å². The minimum atomic E-state index is -0.279. The van der Waals surface area contributed by atoms with Crippen LogP contribution in [0, 0.1) is 0 Å². The zero-order chi connectivity index (χ0) is 22.9. The summed E-state index contributed by atoms with van der Waals surface area (Å²) in [5.74, 6) is -0.279. The molecular formula is C26H24ClN3OS. The van der Waals surface area contributed by atoms with Gasteiger partial charge in [-0.2, -0.15) is 5.10 Å². The van der Waals surface area contributed by atoms with E-state index in [1.807, 2.05) is 49.4 Å². The summed E-state index contributed by atoms with van der Waals surface area (Å²) >= 11 is 7.43. The molecule has 4 nitrogen and oxygen atoms in total. The van der Waals surface area contributed by atoms with E-state index in [0.29, 0.717) is 15.6 Å². The first-order chi connectivity index (χ1) is 15.2. The van der Waals surface area contributed by atoms with Crippen molar-refractivity contribution in [1.82, 2.24) is 10.4 Å². The Hall–Kier alpha value is -3.02. The van der Waals surface area contributed by atoms with Crippen molar-refractivity contribution in [3.8, 4) is 11.3 Å². The van der Waals surface area contributed by atoms with Crippen molar-refractivity contribution >= 4 is 45.5 Å². The summed E-state index contributed by atoms with van der Waals surface area (Å²) < 4.78 is 0.683. The van der Waals surface area contributed by atoms with Crippen LogP contribution in [-0.4, -0.2) is 16.6 Å². The van der Waals surface area contributed by atoms with Crippen LogP contribution in [-0.2, 0) is 5.41 Å². The number of carbonyl (C=O) groups is 1. The highest BCUT2D eigenvalue weighted by Crippen LogP contribution is 2.28. The van der Waals surface area contributed by atoms with Gasteiger partial charge in [-0.1, -0.05) is 74.8 Å². The van der Waals surface area contributed by atoms with Gasteiger partial charge < -0.3 is 0 Å². The molecule has 6 heteroatoms. The van der Waals surface area contributed by atoms with E-state index in [1.165, 1.54) is 16.9 Å². The third-order valence-corrected chi connectivity index (χ3v) is 6.60. The van der Waals surface area contributed by atoms with Gasteiger partial charge in [-0.05, 0) is 42.2 Å². The molecule has 0 saturated heterocycles. The molecule has 0 radical (unpaired) electrons. The second-order valence-electron chi connectivity index (χ2n) is 8.64. The first-order valence-corrected chi connectivity index (χ1v) is 11.5. The van der Waals surface area contributed by atoms with Gasteiger partial charge in [0, 0.05) is 10.9 Å². The number of fused-ring (bicyclic) bond motifs is 1. The summed E-state index contributed by atoms with van der Waals surface area (Å²) in [6.07, 6.45) is 0. The highest BCUT2D eigenvalue weighted by molar-refractivity contribution is 7.18. The summed E-state index contributed by atoms with van der Waals surface area (Å²) in [5, 5.41) is 5.06. The Labute approximate surface area is 197 Å². The standard InChI is InChI=1S/C26H24ClN3OS/c1-16(23-13-14-24(27)32-23)29-30-25(31)20-15-22(28-21-8-6-5-7-19(20)21)17-9-11-18(12-10-17)26(2,3)4/h5-15H,1-4H3,(H,30,31)/b29-16-. The Bertz CT molecular complexity index is 1320. The average molecular weight is 462 g/mol. The third kappa shape index (κ3) is 4.74. The molecule has 0 aliphatic rings. The van der Waals surface area contributed by atoms with E-state index in [9.17, 15) is 4.79 Å². The van der Waals surface area contributed by atoms with Gasteiger partial charge in [0.2, 0.25) is 0 Å². The van der Waals surface area contributed by atoms with E-state index in [4.69, 9.17) is 16.6 Å². The van der Waals surface area contributed by atoms with Crippen molar-refractivity contribution in [3.05, 3.63) is 87.1 Å². The molecule has 0 unspecified atom stereocenters. The number of hydrogen-bond donors (Lipinski definition) is 1. The molecule has 4 rings (SSSR count). The number of thiophene rings is 1. The molecule has 1 amide bonds. The summed E-state index contributed by atoms with van der Waals surface area (Å²) in [6, 6.07) is 21.5. The SMILES string of the molecule is C/C(=N/NC(=O)c1cc(-c2ccc(C(C)(C)C)cc2)nc2ccccc12)c1ccc(Cl)s1. The Morgan fingerprint density at radius 2 is 1.75 bits per heavy atom. The lowest BCUT2D eigenvalue weighted by Crippen LogP contribution is -2.19. The summed E-state index contributed by atoms with van der Waals surface area (Å²) in [6.45, 7) is 8.40. The first kappa shape index (κ1) is 22.2. The van der Waals surface area contributed by atoms with Crippen LogP contribution in [0.4, 0.5) is 0 Å². The smallest absolute Gasteiger partial charge is 0.267 e. The normalized spacial score (nSPS) is 12.2. The molecule has 0 fully saturated rings.